The molecular formula is C18H21ClN4O4. The predicted octanol–water partition coefficient (Wildman–Crippen LogP) is 1.90. The lowest BCUT2D eigenvalue weighted by molar-refractivity contribution is -0.121. The van der Waals surface area contributed by atoms with Crippen LogP contribution in [0.4, 0.5) is 0 Å². The van der Waals surface area contributed by atoms with Crippen molar-refractivity contribution in [3.8, 4) is 5.75 Å². The number of hydrogen-bond acceptors (Lipinski definition) is 5. The lowest BCUT2D eigenvalue weighted by Crippen LogP contribution is -2.28. The highest BCUT2D eigenvalue weighted by molar-refractivity contribution is 6.32. The number of benzene rings is 1. The molecule has 0 unspecified atom stereocenters. The molecule has 0 bridgehead atoms. The summed E-state index contributed by atoms with van der Waals surface area (Å²) in [6.45, 7) is 4.20. The van der Waals surface area contributed by atoms with Gasteiger partial charge >= 0.3 is 5.69 Å². The summed E-state index contributed by atoms with van der Waals surface area (Å²) in [7, 11) is 0. The number of nitrogens with zero attached hydrogens (tertiary/aromatic N) is 1. The molecule has 2 aromatic rings. The van der Waals surface area contributed by atoms with Crippen LogP contribution < -0.4 is 21.4 Å². The van der Waals surface area contributed by atoms with Crippen LogP contribution in [0.3, 0.4) is 0 Å². The van der Waals surface area contributed by atoms with Crippen LogP contribution in [0.25, 0.3) is 0 Å². The van der Waals surface area contributed by atoms with Crippen molar-refractivity contribution in [3.05, 3.63) is 60.9 Å². The first-order chi connectivity index (χ1) is 12.9. The molecule has 1 aromatic heterocycles. The summed E-state index contributed by atoms with van der Waals surface area (Å²) in [5, 5.41) is 4.34. The van der Waals surface area contributed by atoms with Gasteiger partial charge in [-0.2, -0.15) is 5.10 Å². The number of amides is 1. The Labute approximate surface area is 160 Å². The molecule has 0 fully saturated rings. The number of halogens is 1. The summed E-state index contributed by atoms with van der Waals surface area (Å²) in [5.74, 6) is 0.242. The highest BCUT2D eigenvalue weighted by Crippen LogP contribution is 2.24. The fourth-order valence-electron chi connectivity index (χ4n) is 2.33. The van der Waals surface area contributed by atoms with Crippen LogP contribution in [0.15, 0.2) is 32.9 Å². The minimum Gasteiger partial charge on any atom is -0.492 e. The molecule has 2 rings (SSSR count). The number of H-pyrrole nitrogens is 2. The second-order valence-corrected chi connectivity index (χ2v) is 6.25. The zero-order valence-corrected chi connectivity index (χ0v) is 15.9. The number of hydrazone groups is 1. The van der Waals surface area contributed by atoms with Gasteiger partial charge in [0.25, 0.3) is 5.56 Å². The van der Waals surface area contributed by atoms with E-state index >= 15 is 0 Å². The monoisotopic (exact) mass is 392 g/mol. The molecular weight excluding hydrogens is 372 g/mol. The fraction of sp³-hybridized carbons (Fsp3) is 0.333. The van der Waals surface area contributed by atoms with Crippen LogP contribution in [0, 0.1) is 6.92 Å². The Bertz CT molecular complexity index is 949. The first kappa shape index (κ1) is 20.4. The number of hydrogen-bond donors (Lipinski definition) is 3. The van der Waals surface area contributed by atoms with E-state index in [9.17, 15) is 14.4 Å². The van der Waals surface area contributed by atoms with E-state index in [-0.39, 0.29) is 18.7 Å². The van der Waals surface area contributed by atoms with Crippen molar-refractivity contribution in [1.29, 1.82) is 0 Å². The highest BCUT2D eigenvalue weighted by Gasteiger charge is 2.08. The Balaban J connectivity index is 1.89. The number of carbonyl (C=O) groups is 1. The lowest BCUT2D eigenvalue weighted by Gasteiger charge is -2.07. The van der Waals surface area contributed by atoms with Crippen molar-refractivity contribution in [1.82, 2.24) is 15.4 Å². The molecule has 0 saturated heterocycles. The fourth-order valence-corrected chi connectivity index (χ4v) is 2.57. The van der Waals surface area contributed by atoms with Crippen molar-refractivity contribution in [2.24, 2.45) is 5.10 Å². The van der Waals surface area contributed by atoms with E-state index in [0.29, 0.717) is 34.2 Å². The number of carbonyl (C=O) groups excluding carboxylic acids is 1. The van der Waals surface area contributed by atoms with Gasteiger partial charge in [0.15, 0.2) is 0 Å². The van der Waals surface area contributed by atoms with E-state index in [1.165, 1.54) is 6.21 Å². The van der Waals surface area contributed by atoms with E-state index in [1.54, 1.807) is 25.1 Å². The molecule has 1 amide bonds. The normalized spacial score (nSPS) is 10.9. The molecule has 0 atom stereocenters. The third kappa shape index (κ3) is 6.10. The maximum atomic E-state index is 11.9. The van der Waals surface area contributed by atoms with Crippen LogP contribution >= 0.6 is 11.6 Å². The van der Waals surface area contributed by atoms with Crippen molar-refractivity contribution >= 4 is 23.7 Å². The molecule has 8 nitrogen and oxygen atoms in total. The van der Waals surface area contributed by atoms with Gasteiger partial charge in [-0.15, -0.1) is 0 Å². The van der Waals surface area contributed by atoms with Crippen LogP contribution in [0.5, 0.6) is 5.75 Å². The second kappa shape index (κ2) is 9.72. The molecule has 3 N–H and O–H groups in total. The smallest absolute Gasteiger partial charge is 0.325 e. The summed E-state index contributed by atoms with van der Waals surface area (Å²) >= 11 is 6.13. The third-order valence-electron chi connectivity index (χ3n) is 3.68. The SMILES string of the molecule is CCCOc1ccc(/C=N/NC(=O)CCc2c(C)[nH]c(=O)[nH]c2=O)cc1Cl. The molecule has 0 radical (unpaired) electrons. The summed E-state index contributed by atoms with van der Waals surface area (Å²) in [6, 6.07) is 5.20. The summed E-state index contributed by atoms with van der Waals surface area (Å²) in [4.78, 5) is 39.4. The molecule has 1 heterocycles. The zero-order valence-electron chi connectivity index (χ0n) is 15.1. The Hall–Kier alpha value is -2.87. The van der Waals surface area contributed by atoms with Gasteiger partial charge in [-0.3, -0.25) is 14.6 Å². The zero-order chi connectivity index (χ0) is 19.8. The maximum Gasteiger partial charge on any atom is 0.325 e. The third-order valence-corrected chi connectivity index (χ3v) is 3.97. The highest BCUT2D eigenvalue weighted by atomic mass is 35.5. The largest absolute Gasteiger partial charge is 0.492 e. The predicted molar refractivity (Wildman–Crippen MR) is 104 cm³/mol. The Kier molecular flexibility index (Phi) is 7.36. The van der Waals surface area contributed by atoms with Crippen LogP contribution in [-0.4, -0.2) is 28.7 Å². The molecule has 27 heavy (non-hydrogen) atoms. The van der Waals surface area contributed by atoms with Gasteiger partial charge in [-0.1, -0.05) is 18.5 Å². The summed E-state index contributed by atoms with van der Waals surface area (Å²) in [6.07, 6.45) is 2.59. The van der Waals surface area contributed by atoms with E-state index in [4.69, 9.17) is 16.3 Å². The van der Waals surface area contributed by atoms with Crippen LogP contribution in [0.2, 0.25) is 5.02 Å². The van der Waals surface area contributed by atoms with Crippen molar-refractivity contribution in [2.75, 3.05) is 6.61 Å². The molecule has 0 saturated carbocycles. The number of aryl methyl sites for hydroxylation is 1. The Morgan fingerprint density at radius 2 is 2.11 bits per heavy atom. The molecule has 0 aliphatic heterocycles. The Morgan fingerprint density at radius 1 is 1.33 bits per heavy atom. The van der Waals surface area contributed by atoms with Gasteiger partial charge in [0.05, 0.1) is 17.8 Å². The summed E-state index contributed by atoms with van der Waals surface area (Å²) < 4.78 is 5.49. The molecule has 144 valence electrons. The average Bonchev–Trinajstić information content (AvgIpc) is 2.60. The Morgan fingerprint density at radius 3 is 2.78 bits per heavy atom. The van der Waals surface area contributed by atoms with Gasteiger partial charge < -0.3 is 9.72 Å². The van der Waals surface area contributed by atoms with E-state index < -0.39 is 11.2 Å². The summed E-state index contributed by atoms with van der Waals surface area (Å²) in [5.41, 5.74) is 2.84. The maximum absolute atomic E-state index is 11.9. The first-order valence-electron chi connectivity index (χ1n) is 8.47. The minimum atomic E-state index is -0.569. The standard InChI is InChI=1S/C18H21ClN4O4/c1-3-8-27-15-6-4-12(9-14(15)19)10-20-23-16(24)7-5-13-11(2)21-18(26)22-17(13)25/h4,6,9-10H,3,5,7-8H2,1-2H3,(H,23,24)(H2,21,22,25,26)/b20-10+. The molecule has 0 spiro atoms. The topological polar surface area (TPSA) is 116 Å². The van der Waals surface area contributed by atoms with Gasteiger partial charge in [0, 0.05) is 17.7 Å². The average molecular weight is 393 g/mol. The van der Waals surface area contributed by atoms with Crippen molar-refractivity contribution in [3.63, 3.8) is 0 Å². The number of ether oxygens (including phenoxy) is 1. The number of nitrogens with one attached hydrogen (secondary N) is 3. The first-order valence-corrected chi connectivity index (χ1v) is 8.84. The van der Waals surface area contributed by atoms with E-state index in [1.807, 2.05) is 6.92 Å². The quantitative estimate of drug-likeness (QED) is 0.469. The molecule has 9 heteroatoms. The van der Waals surface area contributed by atoms with Crippen LogP contribution in [0.1, 0.15) is 36.6 Å². The van der Waals surface area contributed by atoms with E-state index in [2.05, 4.69) is 20.5 Å². The van der Waals surface area contributed by atoms with Gasteiger partial charge in [-0.05, 0) is 43.5 Å². The van der Waals surface area contributed by atoms with Gasteiger partial charge in [0.2, 0.25) is 5.91 Å². The number of rotatable bonds is 8. The number of aromatic nitrogens is 2. The molecule has 0 aliphatic rings. The van der Waals surface area contributed by atoms with Crippen molar-refractivity contribution in [2.45, 2.75) is 33.1 Å². The van der Waals surface area contributed by atoms with Gasteiger partial charge in [0.1, 0.15) is 5.75 Å². The van der Waals surface area contributed by atoms with E-state index in [0.717, 1.165) is 6.42 Å². The van der Waals surface area contributed by atoms with Crippen LogP contribution in [-0.2, 0) is 11.2 Å². The minimum absolute atomic E-state index is 0.0534. The molecule has 1 aromatic carbocycles. The van der Waals surface area contributed by atoms with Crippen molar-refractivity contribution < 1.29 is 9.53 Å². The molecule has 0 aliphatic carbocycles. The lowest BCUT2D eigenvalue weighted by atomic mass is 10.1. The second-order valence-electron chi connectivity index (χ2n) is 5.84. The van der Waals surface area contributed by atoms with Gasteiger partial charge in [-0.25, -0.2) is 10.2 Å². The number of aromatic amines is 2.